The third-order valence-electron chi connectivity index (χ3n) is 2.97. The van der Waals surface area contributed by atoms with Crippen LogP contribution in [-0.4, -0.2) is 66.4 Å². The summed E-state index contributed by atoms with van der Waals surface area (Å²) in [6.07, 6.45) is 2.32. The van der Waals surface area contributed by atoms with Gasteiger partial charge < -0.3 is 19.4 Å². The van der Waals surface area contributed by atoms with Crippen molar-refractivity contribution in [3.63, 3.8) is 0 Å². The lowest BCUT2D eigenvalue weighted by Gasteiger charge is -2.28. The number of hydrogen-bond acceptors (Lipinski definition) is 4. The minimum atomic E-state index is -0.986. The molecule has 0 spiro atoms. The number of carbonyl (C=O) groups is 3. The summed E-state index contributed by atoms with van der Waals surface area (Å²) < 4.78 is 5.77. The Hall–Kier alpha value is -1.63. The molecule has 7 nitrogen and oxygen atoms in total. The molecule has 0 saturated heterocycles. The zero-order valence-corrected chi connectivity index (χ0v) is 13.7. The average Bonchev–Trinajstić information content (AvgIpc) is 2.29. The summed E-state index contributed by atoms with van der Waals surface area (Å²) in [6.45, 7) is 0.441. The number of ether oxygens (including phenoxy) is 1. The Bertz CT molecular complexity index is 375. The van der Waals surface area contributed by atoms with E-state index < -0.39 is 24.0 Å². The van der Waals surface area contributed by atoms with Crippen molar-refractivity contribution < 1.29 is 33.8 Å². The van der Waals surface area contributed by atoms with Crippen LogP contribution in [-0.2, 0) is 19.1 Å². The van der Waals surface area contributed by atoms with E-state index in [9.17, 15) is 14.4 Å². The van der Waals surface area contributed by atoms with Gasteiger partial charge in [-0.05, 0) is 12.8 Å². The summed E-state index contributed by atoms with van der Waals surface area (Å²) in [5.74, 6) is -2.19. The minimum Gasteiger partial charge on any atom is -0.481 e. The van der Waals surface area contributed by atoms with Gasteiger partial charge in [-0.15, -0.1) is 0 Å². The van der Waals surface area contributed by atoms with E-state index in [0.717, 1.165) is 12.8 Å². The van der Waals surface area contributed by atoms with Crippen molar-refractivity contribution >= 4 is 17.9 Å². The molecule has 0 radical (unpaired) electrons. The van der Waals surface area contributed by atoms with Crippen molar-refractivity contribution in [2.24, 2.45) is 0 Å². The van der Waals surface area contributed by atoms with Crippen LogP contribution < -0.4 is 0 Å². The smallest absolute Gasteiger partial charge is 0.307 e. The van der Waals surface area contributed by atoms with Crippen LogP contribution in [0.2, 0.25) is 0 Å². The molecule has 0 aromatic rings. The summed E-state index contributed by atoms with van der Waals surface area (Å²) >= 11 is 0. The number of carboxylic acid groups (broad SMARTS) is 2. The van der Waals surface area contributed by atoms with Gasteiger partial charge >= 0.3 is 17.9 Å². The fourth-order valence-electron chi connectivity index (χ4n) is 2.09. The van der Waals surface area contributed by atoms with E-state index in [1.54, 1.807) is 0 Å². The highest BCUT2D eigenvalue weighted by molar-refractivity contribution is 5.71. The van der Waals surface area contributed by atoms with E-state index in [4.69, 9.17) is 14.9 Å². The van der Waals surface area contributed by atoms with E-state index >= 15 is 0 Å². The highest BCUT2D eigenvalue weighted by Crippen LogP contribution is 2.10. The SMILES string of the molecule is C[N+](C)(C)C[C@H](CC(=O)O)OC(=O)CCCCCCC(=O)O. The van der Waals surface area contributed by atoms with Gasteiger partial charge in [-0.1, -0.05) is 12.8 Å². The number of esters is 1. The Balaban J connectivity index is 4.01. The molecular weight excluding hydrogens is 290 g/mol. The summed E-state index contributed by atoms with van der Waals surface area (Å²) in [7, 11) is 5.72. The lowest BCUT2D eigenvalue weighted by atomic mass is 10.1. The van der Waals surface area contributed by atoms with Gasteiger partial charge in [0, 0.05) is 12.8 Å². The number of nitrogens with zero attached hydrogens (tertiary/aromatic N) is 1. The monoisotopic (exact) mass is 318 g/mol. The average molecular weight is 318 g/mol. The predicted octanol–water partition coefficient (Wildman–Crippen LogP) is 1.50. The van der Waals surface area contributed by atoms with Crippen molar-refractivity contribution in [3.8, 4) is 0 Å². The van der Waals surface area contributed by atoms with E-state index in [1.165, 1.54) is 0 Å². The first-order valence-electron chi connectivity index (χ1n) is 7.53. The zero-order chi connectivity index (χ0) is 17.2. The van der Waals surface area contributed by atoms with Gasteiger partial charge in [0.2, 0.25) is 0 Å². The molecular formula is C15H28NO6+. The maximum atomic E-state index is 11.7. The summed E-state index contributed by atoms with van der Waals surface area (Å²) in [5.41, 5.74) is 0. The molecule has 0 amide bonds. The minimum absolute atomic E-state index is 0.147. The largest absolute Gasteiger partial charge is 0.481 e. The molecule has 0 saturated carbocycles. The molecule has 0 aliphatic rings. The maximum absolute atomic E-state index is 11.7. The van der Waals surface area contributed by atoms with Crippen molar-refractivity contribution in [2.45, 2.75) is 51.0 Å². The first-order chi connectivity index (χ1) is 10.1. The van der Waals surface area contributed by atoms with Gasteiger partial charge in [0.25, 0.3) is 0 Å². The lowest BCUT2D eigenvalue weighted by molar-refractivity contribution is -0.873. The van der Waals surface area contributed by atoms with Gasteiger partial charge in [-0.3, -0.25) is 14.4 Å². The third-order valence-corrected chi connectivity index (χ3v) is 2.97. The maximum Gasteiger partial charge on any atom is 0.307 e. The first-order valence-corrected chi connectivity index (χ1v) is 7.53. The topological polar surface area (TPSA) is 101 Å². The molecule has 22 heavy (non-hydrogen) atoms. The van der Waals surface area contributed by atoms with Gasteiger partial charge in [-0.25, -0.2) is 0 Å². The normalized spacial score (nSPS) is 12.7. The van der Waals surface area contributed by atoms with Gasteiger partial charge in [0.1, 0.15) is 6.54 Å². The second kappa shape index (κ2) is 10.2. The van der Waals surface area contributed by atoms with E-state index in [0.29, 0.717) is 23.9 Å². The molecule has 0 aliphatic heterocycles. The summed E-state index contributed by atoms with van der Waals surface area (Å²) in [5, 5.41) is 17.4. The van der Waals surface area contributed by atoms with Crippen LogP contribution in [0.25, 0.3) is 0 Å². The van der Waals surface area contributed by atoms with E-state index in [2.05, 4.69) is 0 Å². The Morgan fingerprint density at radius 1 is 0.909 bits per heavy atom. The molecule has 0 aromatic carbocycles. The van der Waals surface area contributed by atoms with Crippen LogP contribution in [0.4, 0.5) is 0 Å². The molecule has 0 bridgehead atoms. The van der Waals surface area contributed by atoms with Crippen molar-refractivity contribution in [2.75, 3.05) is 27.7 Å². The number of aliphatic carboxylic acids is 2. The van der Waals surface area contributed by atoms with Crippen LogP contribution in [0, 0.1) is 0 Å². The van der Waals surface area contributed by atoms with Crippen LogP contribution in [0.1, 0.15) is 44.9 Å². The molecule has 0 aromatic heterocycles. The van der Waals surface area contributed by atoms with E-state index in [1.807, 2.05) is 21.1 Å². The van der Waals surface area contributed by atoms with Crippen LogP contribution in [0.5, 0.6) is 0 Å². The van der Waals surface area contributed by atoms with Crippen LogP contribution in [0.15, 0.2) is 0 Å². The van der Waals surface area contributed by atoms with Gasteiger partial charge in [0.05, 0.1) is 27.6 Å². The number of rotatable bonds is 12. The Kier molecular flexibility index (Phi) is 9.40. The van der Waals surface area contributed by atoms with Gasteiger partial charge in [-0.2, -0.15) is 0 Å². The fourth-order valence-corrected chi connectivity index (χ4v) is 2.09. The lowest BCUT2D eigenvalue weighted by Crippen LogP contribution is -2.43. The van der Waals surface area contributed by atoms with Crippen molar-refractivity contribution in [3.05, 3.63) is 0 Å². The molecule has 0 fully saturated rings. The summed E-state index contributed by atoms with van der Waals surface area (Å²) in [6, 6.07) is 0. The van der Waals surface area contributed by atoms with E-state index in [-0.39, 0.29) is 19.3 Å². The quantitative estimate of drug-likeness (QED) is 0.321. The third kappa shape index (κ3) is 13.4. The second-order valence-corrected chi connectivity index (χ2v) is 6.49. The molecule has 0 unspecified atom stereocenters. The predicted molar refractivity (Wildman–Crippen MR) is 80.4 cm³/mol. The summed E-state index contributed by atoms with van der Waals surface area (Å²) in [4.78, 5) is 32.9. The highest BCUT2D eigenvalue weighted by atomic mass is 16.5. The Labute approximate surface area is 131 Å². The number of carbonyl (C=O) groups excluding carboxylic acids is 1. The first kappa shape index (κ1) is 20.4. The van der Waals surface area contributed by atoms with Crippen LogP contribution >= 0.6 is 0 Å². The Morgan fingerprint density at radius 2 is 1.45 bits per heavy atom. The molecule has 7 heteroatoms. The van der Waals surface area contributed by atoms with Crippen molar-refractivity contribution in [1.82, 2.24) is 0 Å². The number of unbranched alkanes of at least 4 members (excludes halogenated alkanes) is 3. The molecule has 0 heterocycles. The number of likely N-dealkylation sites (N-methyl/N-ethyl adjacent to an activating group) is 1. The van der Waals surface area contributed by atoms with Crippen LogP contribution in [0.3, 0.4) is 0 Å². The zero-order valence-electron chi connectivity index (χ0n) is 13.7. The Morgan fingerprint density at radius 3 is 1.91 bits per heavy atom. The standard InChI is InChI=1S/C15H27NO6/c1-16(2,3)11-12(10-14(19)20)22-15(21)9-7-5-4-6-8-13(17)18/h12H,4-11H2,1-3H3,(H-,17,18,19,20)/p+1/t12-/m0/s1. The number of quaternary nitrogens is 1. The molecule has 0 rings (SSSR count). The molecule has 128 valence electrons. The van der Waals surface area contributed by atoms with Crippen molar-refractivity contribution in [1.29, 1.82) is 0 Å². The molecule has 0 aliphatic carbocycles. The number of hydrogen-bond donors (Lipinski definition) is 2. The van der Waals surface area contributed by atoms with Gasteiger partial charge in [0.15, 0.2) is 6.10 Å². The highest BCUT2D eigenvalue weighted by Gasteiger charge is 2.24. The second-order valence-electron chi connectivity index (χ2n) is 6.49. The fraction of sp³-hybridized carbons (Fsp3) is 0.800. The molecule has 2 N–H and O–H groups in total. The number of carboxylic acids is 2. The molecule has 1 atom stereocenters.